The van der Waals surface area contributed by atoms with Gasteiger partial charge in [0, 0.05) is 24.0 Å². The van der Waals surface area contributed by atoms with Crippen molar-refractivity contribution in [2.45, 2.75) is 20.0 Å². The second-order valence-corrected chi connectivity index (χ2v) is 8.23. The van der Waals surface area contributed by atoms with Crippen LogP contribution < -0.4 is 9.47 Å². The van der Waals surface area contributed by atoms with Crippen LogP contribution in [0.25, 0.3) is 17.6 Å². The number of hydrogen-bond donors (Lipinski definition) is 0. The van der Waals surface area contributed by atoms with Crippen LogP contribution in [0.5, 0.6) is 11.5 Å². The zero-order valence-corrected chi connectivity index (χ0v) is 18.1. The predicted molar refractivity (Wildman–Crippen MR) is 123 cm³/mol. The van der Waals surface area contributed by atoms with Crippen molar-refractivity contribution >= 4 is 12.0 Å². The summed E-state index contributed by atoms with van der Waals surface area (Å²) in [6.45, 7) is 3.29. The first-order valence-electron chi connectivity index (χ1n) is 10.8. The summed E-state index contributed by atoms with van der Waals surface area (Å²) in [5, 5.41) is 4.88. The Morgan fingerprint density at radius 1 is 1.00 bits per heavy atom. The van der Waals surface area contributed by atoms with Gasteiger partial charge >= 0.3 is 0 Å². The third kappa shape index (κ3) is 3.47. The van der Waals surface area contributed by atoms with Gasteiger partial charge in [-0.05, 0) is 55.0 Å². The van der Waals surface area contributed by atoms with Crippen LogP contribution in [0.3, 0.4) is 0 Å². The molecule has 4 aromatic rings. The van der Waals surface area contributed by atoms with E-state index in [2.05, 4.69) is 35.8 Å². The van der Waals surface area contributed by atoms with E-state index >= 15 is 0 Å². The molecule has 2 aromatic carbocycles. The van der Waals surface area contributed by atoms with Crippen molar-refractivity contribution in [3.05, 3.63) is 95.5 Å². The van der Waals surface area contributed by atoms with Gasteiger partial charge in [0.25, 0.3) is 0 Å². The van der Waals surface area contributed by atoms with Crippen LogP contribution in [0.4, 0.5) is 0 Å². The van der Waals surface area contributed by atoms with Gasteiger partial charge in [0.1, 0.15) is 5.82 Å². The van der Waals surface area contributed by atoms with Gasteiger partial charge in [0.15, 0.2) is 11.5 Å². The highest BCUT2D eigenvalue weighted by atomic mass is 16.7. The normalized spacial score (nSPS) is 14.3. The fourth-order valence-corrected chi connectivity index (χ4v) is 4.25. The Balaban J connectivity index is 1.27. The molecule has 0 atom stereocenters. The molecule has 0 fully saturated rings. The number of amides is 1. The van der Waals surface area contributed by atoms with E-state index in [1.54, 1.807) is 12.2 Å². The van der Waals surface area contributed by atoms with E-state index in [9.17, 15) is 4.79 Å². The number of carbonyl (C=O) groups excluding carboxylic acids is 1. The number of aromatic nitrogens is 3. The molecule has 0 unspecified atom stereocenters. The fraction of sp³-hybridized carbons (Fsp3) is 0.154. The zero-order chi connectivity index (χ0) is 22.4. The molecule has 2 aliphatic heterocycles. The Morgan fingerprint density at radius 3 is 2.61 bits per heavy atom. The lowest BCUT2D eigenvalue weighted by atomic mass is 10.2. The number of ether oxygens (including phenoxy) is 2. The summed E-state index contributed by atoms with van der Waals surface area (Å²) in [6, 6.07) is 17.9. The van der Waals surface area contributed by atoms with Gasteiger partial charge in [-0.2, -0.15) is 5.10 Å². The summed E-state index contributed by atoms with van der Waals surface area (Å²) < 4.78 is 14.8. The molecule has 6 rings (SSSR count). The maximum Gasteiger partial charge on any atom is 0.247 e. The lowest BCUT2D eigenvalue weighted by molar-refractivity contribution is -0.126. The lowest BCUT2D eigenvalue weighted by Crippen LogP contribution is -2.24. The van der Waals surface area contributed by atoms with E-state index < -0.39 is 0 Å². The quantitative estimate of drug-likeness (QED) is 0.447. The SMILES string of the molecule is Cc1ccc(-n2nc3c(c2-n2cccc2)CN(C(=O)C=Cc2ccc4c(c2)OCO4)C3)cc1. The van der Waals surface area contributed by atoms with Crippen molar-refractivity contribution in [2.75, 3.05) is 6.79 Å². The Morgan fingerprint density at radius 2 is 1.79 bits per heavy atom. The first-order chi connectivity index (χ1) is 16.2. The lowest BCUT2D eigenvalue weighted by Gasteiger charge is -2.16. The molecule has 1 amide bonds. The number of benzene rings is 2. The van der Waals surface area contributed by atoms with Crippen LogP contribution in [0.1, 0.15) is 22.4 Å². The third-order valence-corrected chi connectivity index (χ3v) is 5.98. The molecule has 164 valence electrons. The van der Waals surface area contributed by atoms with Crippen LogP contribution in [-0.4, -0.2) is 31.9 Å². The van der Waals surface area contributed by atoms with Crippen molar-refractivity contribution in [1.29, 1.82) is 0 Å². The highest BCUT2D eigenvalue weighted by Gasteiger charge is 2.30. The van der Waals surface area contributed by atoms with Crippen LogP contribution in [0.15, 0.2) is 73.1 Å². The Hall–Kier alpha value is -4.26. The number of aryl methyl sites for hydroxylation is 1. The average molecular weight is 438 g/mol. The molecule has 7 heteroatoms. The molecule has 4 heterocycles. The number of carbonyl (C=O) groups is 1. The maximum atomic E-state index is 13.0. The average Bonchev–Trinajstić information content (AvgIpc) is 3.61. The maximum absolute atomic E-state index is 13.0. The molecule has 7 nitrogen and oxygen atoms in total. The molecule has 0 aliphatic carbocycles. The highest BCUT2D eigenvalue weighted by molar-refractivity contribution is 5.92. The monoisotopic (exact) mass is 438 g/mol. The summed E-state index contributed by atoms with van der Waals surface area (Å²) >= 11 is 0. The van der Waals surface area contributed by atoms with Crippen LogP contribution in [0, 0.1) is 6.92 Å². The summed E-state index contributed by atoms with van der Waals surface area (Å²) in [6.07, 6.45) is 7.42. The van der Waals surface area contributed by atoms with E-state index in [1.807, 2.05) is 52.3 Å². The van der Waals surface area contributed by atoms with Gasteiger partial charge < -0.3 is 18.9 Å². The van der Waals surface area contributed by atoms with Crippen molar-refractivity contribution in [1.82, 2.24) is 19.2 Å². The first-order valence-corrected chi connectivity index (χ1v) is 10.8. The number of fused-ring (bicyclic) bond motifs is 2. The third-order valence-electron chi connectivity index (χ3n) is 5.98. The standard InChI is InChI=1S/C26H22N4O3/c1-18-4-8-20(9-5-18)30-26(28-12-2-3-13-28)21-15-29(16-22(21)27-30)25(31)11-7-19-6-10-23-24(14-19)33-17-32-23/h2-14H,15-17H2,1H3. The molecule has 0 spiro atoms. The van der Waals surface area contributed by atoms with E-state index in [0.29, 0.717) is 18.8 Å². The second-order valence-electron chi connectivity index (χ2n) is 8.23. The fourth-order valence-electron chi connectivity index (χ4n) is 4.25. The molecule has 0 radical (unpaired) electrons. The van der Waals surface area contributed by atoms with Crippen LogP contribution in [0.2, 0.25) is 0 Å². The van der Waals surface area contributed by atoms with Gasteiger partial charge in [-0.15, -0.1) is 0 Å². The van der Waals surface area contributed by atoms with E-state index in [0.717, 1.165) is 34.1 Å². The van der Waals surface area contributed by atoms with E-state index in [-0.39, 0.29) is 12.7 Å². The molecular formula is C26H22N4O3. The molecule has 0 saturated carbocycles. The Bertz CT molecular complexity index is 1370. The minimum atomic E-state index is -0.0500. The molecular weight excluding hydrogens is 416 g/mol. The minimum Gasteiger partial charge on any atom is -0.454 e. The van der Waals surface area contributed by atoms with Crippen molar-refractivity contribution in [2.24, 2.45) is 0 Å². The van der Waals surface area contributed by atoms with E-state index in [1.165, 1.54) is 5.56 Å². The minimum absolute atomic E-state index is 0.0500. The molecule has 2 aliphatic rings. The molecule has 33 heavy (non-hydrogen) atoms. The predicted octanol–water partition coefficient (Wildman–Crippen LogP) is 4.26. The highest BCUT2D eigenvalue weighted by Crippen LogP contribution is 2.33. The largest absolute Gasteiger partial charge is 0.454 e. The number of nitrogens with zero attached hydrogens (tertiary/aromatic N) is 4. The van der Waals surface area contributed by atoms with E-state index in [4.69, 9.17) is 14.6 Å². The summed E-state index contributed by atoms with van der Waals surface area (Å²) in [4.78, 5) is 14.8. The smallest absolute Gasteiger partial charge is 0.247 e. The molecule has 0 N–H and O–H groups in total. The molecule has 0 bridgehead atoms. The molecule has 2 aromatic heterocycles. The van der Waals surface area contributed by atoms with Gasteiger partial charge in [-0.25, -0.2) is 4.68 Å². The number of hydrogen-bond acceptors (Lipinski definition) is 4. The van der Waals surface area contributed by atoms with Gasteiger partial charge in [0.2, 0.25) is 12.7 Å². The van der Waals surface area contributed by atoms with Crippen molar-refractivity contribution in [3.63, 3.8) is 0 Å². The molecule has 0 saturated heterocycles. The Kier molecular flexibility index (Phi) is 4.54. The second kappa shape index (κ2) is 7.70. The number of rotatable bonds is 4. The summed E-state index contributed by atoms with van der Waals surface area (Å²) in [7, 11) is 0. The summed E-state index contributed by atoms with van der Waals surface area (Å²) in [5.41, 5.74) is 5.08. The van der Waals surface area contributed by atoms with Gasteiger partial charge in [-0.1, -0.05) is 23.8 Å². The summed E-state index contributed by atoms with van der Waals surface area (Å²) in [5.74, 6) is 2.35. The first kappa shape index (κ1) is 19.4. The van der Waals surface area contributed by atoms with Crippen molar-refractivity contribution in [3.8, 4) is 23.0 Å². The van der Waals surface area contributed by atoms with Crippen LogP contribution >= 0.6 is 0 Å². The van der Waals surface area contributed by atoms with Crippen LogP contribution in [-0.2, 0) is 17.9 Å². The zero-order valence-electron chi connectivity index (χ0n) is 18.1. The van der Waals surface area contributed by atoms with Crippen molar-refractivity contribution < 1.29 is 14.3 Å². The van der Waals surface area contributed by atoms with Gasteiger partial charge in [-0.3, -0.25) is 4.79 Å². The van der Waals surface area contributed by atoms with Gasteiger partial charge in [0.05, 0.1) is 24.5 Å². The topological polar surface area (TPSA) is 61.5 Å². The Labute approximate surface area is 191 Å².